The predicted molar refractivity (Wildman–Crippen MR) is 44.9 cm³/mol. The molecule has 1 heterocycles. The standard InChI is InChI=1S/C8H16BN/c1-7(2)8-5-3-4-6-10(8)9/h7-8H,3-6H2,1-2H3. The van der Waals surface area contributed by atoms with Gasteiger partial charge in [-0.3, -0.25) is 0 Å². The molecule has 0 aromatic carbocycles. The van der Waals surface area contributed by atoms with Gasteiger partial charge in [-0.05, 0) is 25.3 Å². The average molecular weight is 137 g/mol. The summed E-state index contributed by atoms with van der Waals surface area (Å²) in [5.41, 5.74) is 0. The van der Waals surface area contributed by atoms with E-state index in [1.54, 1.807) is 0 Å². The van der Waals surface area contributed by atoms with Crippen LogP contribution in [0.1, 0.15) is 33.1 Å². The van der Waals surface area contributed by atoms with Gasteiger partial charge in [-0.1, -0.05) is 20.3 Å². The van der Waals surface area contributed by atoms with Gasteiger partial charge in [0.15, 0.2) is 7.98 Å². The Morgan fingerprint density at radius 1 is 1.40 bits per heavy atom. The van der Waals surface area contributed by atoms with Crippen molar-refractivity contribution in [1.29, 1.82) is 0 Å². The molecule has 0 N–H and O–H groups in total. The van der Waals surface area contributed by atoms with Gasteiger partial charge < -0.3 is 4.81 Å². The largest absolute Gasteiger partial charge is 0.351 e. The molecule has 1 aliphatic heterocycles. The van der Waals surface area contributed by atoms with Gasteiger partial charge >= 0.3 is 0 Å². The van der Waals surface area contributed by atoms with Crippen LogP contribution >= 0.6 is 0 Å². The van der Waals surface area contributed by atoms with Crippen molar-refractivity contribution in [1.82, 2.24) is 4.81 Å². The van der Waals surface area contributed by atoms with Gasteiger partial charge in [-0.2, -0.15) is 0 Å². The molecule has 0 aromatic rings. The Morgan fingerprint density at radius 2 is 2.10 bits per heavy atom. The predicted octanol–water partition coefficient (Wildman–Crippen LogP) is 1.58. The van der Waals surface area contributed by atoms with Gasteiger partial charge in [0.1, 0.15) is 0 Å². The zero-order valence-electron chi connectivity index (χ0n) is 7.01. The van der Waals surface area contributed by atoms with Gasteiger partial charge in [-0.15, -0.1) is 0 Å². The van der Waals surface area contributed by atoms with E-state index in [2.05, 4.69) is 13.8 Å². The third-order valence-electron chi connectivity index (χ3n) is 2.36. The summed E-state index contributed by atoms with van der Waals surface area (Å²) < 4.78 is 0. The molecular formula is C8H16BN. The fourth-order valence-electron chi connectivity index (χ4n) is 1.70. The molecule has 0 amide bonds. The molecule has 1 unspecified atom stereocenters. The average Bonchev–Trinajstić information content (AvgIpc) is 1.88. The van der Waals surface area contributed by atoms with Crippen LogP contribution in [0, 0.1) is 5.92 Å². The second-order valence-electron chi connectivity index (χ2n) is 3.54. The van der Waals surface area contributed by atoms with E-state index in [-0.39, 0.29) is 0 Å². The first-order valence-electron chi connectivity index (χ1n) is 4.23. The van der Waals surface area contributed by atoms with E-state index < -0.39 is 0 Å². The SMILES string of the molecule is [B]N1CCCCC1C(C)C. The van der Waals surface area contributed by atoms with E-state index in [1.165, 1.54) is 19.3 Å². The topological polar surface area (TPSA) is 3.24 Å². The Morgan fingerprint density at radius 3 is 2.50 bits per heavy atom. The van der Waals surface area contributed by atoms with Crippen LogP contribution in [-0.2, 0) is 0 Å². The second kappa shape index (κ2) is 3.43. The molecule has 1 aliphatic rings. The maximum absolute atomic E-state index is 5.81. The number of piperidine rings is 1. The van der Waals surface area contributed by atoms with Gasteiger partial charge in [0.05, 0.1) is 0 Å². The molecule has 56 valence electrons. The van der Waals surface area contributed by atoms with Crippen LogP contribution in [0.15, 0.2) is 0 Å². The molecule has 2 heteroatoms. The molecule has 0 bridgehead atoms. The molecule has 2 radical (unpaired) electrons. The first-order chi connectivity index (χ1) is 4.72. The summed E-state index contributed by atoms with van der Waals surface area (Å²) >= 11 is 0. The minimum atomic E-state index is 0.633. The zero-order chi connectivity index (χ0) is 7.56. The van der Waals surface area contributed by atoms with E-state index in [0.717, 1.165) is 6.54 Å². The molecule has 10 heavy (non-hydrogen) atoms. The van der Waals surface area contributed by atoms with Gasteiger partial charge in [0.25, 0.3) is 0 Å². The van der Waals surface area contributed by atoms with E-state index in [9.17, 15) is 0 Å². The monoisotopic (exact) mass is 137 g/mol. The lowest BCUT2D eigenvalue weighted by atomic mass is 9.90. The third-order valence-corrected chi connectivity index (χ3v) is 2.36. The maximum atomic E-state index is 5.81. The molecule has 1 rings (SSSR count). The summed E-state index contributed by atoms with van der Waals surface area (Å²) in [7, 11) is 5.81. The molecule has 1 atom stereocenters. The molecule has 0 aromatic heterocycles. The van der Waals surface area contributed by atoms with Gasteiger partial charge in [0.2, 0.25) is 0 Å². The summed E-state index contributed by atoms with van der Waals surface area (Å²) in [5, 5.41) is 0. The van der Waals surface area contributed by atoms with Crippen LogP contribution in [0.3, 0.4) is 0 Å². The Labute approximate surface area is 65.2 Å². The van der Waals surface area contributed by atoms with Gasteiger partial charge in [-0.25, -0.2) is 0 Å². The summed E-state index contributed by atoms with van der Waals surface area (Å²) in [5.74, 6) is 0.713. The first kappa shape index (κ1) is 8.12. The fourth-order valence-corrected chi connectivity index (χ4v) is 1.70. The highest BCUT2D eigenvalue weighted by molar-refractivity contribution is 6.04. The van der Waals surface area contributed by atoms with E-state index >= 15 is 0 Å². The van der Waals surface area contributed by atoms with Crippen LogP contribution in [-0.4, -0.2) is 25.4 Å². The number of hydrogen-bond acceptors (Lipinski definition) is 1. The van der Waals surface area contributed by atoms with Crippen molar-refractivity contribution in [2.24, 2.45) is 5.92 Å². The lowest BCUT2D eigenvalue weighted by Gasteiger charge is -2.35. The van der Waals surface area contributed by atoms with Crippen LogP contribution in [0.5, 0.6) is 0 Å². The van der Waals surface area contributed by atoms with Crippen molar-refractivity contribution >= 4 is 7.98 Å². The maximum Gasteiger partial charge on any atom is 0.182 e. The smallest absolute Gasteiger partial charge is 0.182 e. The first-order valence-corrected chi connectivity index (χ1v) is 4.23. The molecule has 0 spiro atoms. The van der Waals surface area contributed by atoms with Crippen molar-refractivity contribution in [2.45, 2.75) is 39.2 Å². The highest BCUT2D eigenvalue weighted by Crippen LogP contribution is 2.20. The van der Waals surface area contributed by atoms with Crippen molar-refractivity contribution in [3.05, 3.63) is 0 Å². The molecule has 0 aliphatic carbocycles. The quantitative estimate of drug-likeness (QED) is 0.496. The fraction of sp³-hybridized carbons (Fsp3) is 1.00. The highest BCUT2D eigenvalue weighted by Gasteiger charge is 2.20. The van der Waals surface area contributed by atoms with E-state index in [4.69, 9.17) is 7.98 Å². The van der Waals surface area contributed by atoms with Crippen LogP contribution in [0.4, 0.5) is 0 Å². The van der Waals surface area contributed by atoms with Crippen molar-refractivity contribution in [2.75, 3.05) is 6.54 Å². The normalized spacial score (nSPS) is 29.3. The minimum Gasteiger partial charge on any atom is -0.351 e. The lowest BCUT2D eigenvalue weighted by Crippen LogP contribution is -2.40. The van der Waals surface area contributed by atoms with Crippen molar-refractivity contribution in [3.63, 3.8) is 0 Å². The molecule has 1 fully saturated rings. The molecule has 1 nitrogen and oxygen atoms in total. The summed E-state index contributed by atoms with van der Waals surface area (Å²) in [6, 6.07) is 0.633. The number of rotatable bonds is 1. The van der Waals surface area contributed by atoms with E-state index in [0.29, 0.717) is 12.0 Å². The Balaban J connectivity index is 2.40. The second-order valence-corrected chi connectivity index (χ2v) is 3.54. The lowest BCUT2D eigenvalue weighted by molar-refractivity contribution is 0.209. The van der Waals surface area contributed by atoms with Crippen molar-refractivity contribution < 1.29 is 0 Å². The number of nitrogens with zero attached hydrogens (tertiary/aromatic N) is 1. The Bertz CT molecular complexity index is 103. The van der Waals surface area contributed by atoms with Gasteiger partial charge in [0, 0.05) is 6.04 Å². The Kier molecular flexibility index (Phi) is 2.78. The minimum absolute atomic E-state index is 0.633. The summed E-state index contributed by atoms with van der Waals surface area (Å²) in [6.07, 6.45) is 3.92. The zero-order valence-corrected chi connectivity index (χ0v) is 7.01. The van der Waals surface area contributed by atoms with Crippen LogP contribution in [0.2, 0.25) is 0 Å². The summed E-state index contributed by atoms with van der Waals surface area (Å²) in [4.78, 5) is 2.01. The number of hydrogen-bond donors (Lipinski definition) is 0. The third kappa shape index (κ3) is 1.75. The molecular weight excluding hydrogens is 121 g/mol. The van der Waals surface area contributed by atoms with Crippen LogP contribution in [0.25, 0.3) is 0 Å². The molecule has 0 saturated carbocycles. The Hall–Kier alpha value is 0.0249. The van der Waals surface area contributed by atoms with E-state index in [1.807, 2.05) is 4.81 Å². The van der Waals surface area contributed by atoms with Crippen molar-refractivity contribution in [3.8, 4) is 0 Å². The summed E-state index contributed by atoms with van der Waals surface area (Å²) in [6.45, 7) is 5.58. The highest BCUT2D eigenvalue weighted by atomic mass is 15.1. The molecule has 1 saturated heterocycles. The van der Waals surface area contributed by atoms with Crippen LogP contribution < -0.4 is 0 Å².